The molecule has 0 spiro atoms. The van der Waals surface area contributed by atoms with Gasteiger partial charge >= 0.3 is 5.97 Å². The third-order valence-electron chi connectivity index (χ3n) is 3.62. The molecule has 0 atom stereocenters. The van der Waals surface area contributed by atoms with Gasteiger partial charge in [0.25, 0.3) is 5.56 Å². The Bertz CT molecular complexity index is 1180. The van der Waals surface area contributed by atoms with Crippen LogP contribution in [0.1, 0.15) is 21.7 Å². The number of carbonyl (C=O) groups is 1. The van der Waals surface area contributed by atoms with Crippen LogP contribution >= 0.6 is 22.9 Å². The molecule has 4 aromatic heterocycles. The minimum atomic E-state index is -0.623. The molecule has 25 heavy (non-hydrogen) atoms. The molecule has 0 amide bonds. The van der Waals surface area contributed by atoms with Crippen LogP contribution in [-0.4, -0.2) is 24.7 Å². The van der Waals surface area contributed by atoms with Gasteiger partial charge in [-0.3, -0.25) is 13.6 Å². The quantitative estimate of drug-likeness (QED) is 0.515. The van der Waals surface area contributed by atoms with Gasteiger partial charge in [-0.1, -0.05) is 17.7 Å². The summed E-state index contributed by atoms with van der Waals surface area (Å²) in [6.45, 7) is 1.76. The number of aromatic nitrogens is 4. The number of rotatable bonds is 3. The van der Waals surface area contributed by atoms with E-state index in [9.17, 15) is 9.59 Å². The number of carbonyl (C=O) groups excluding carboxylic acids is 1. The number of nitrogens with zero attached hydrogens (tertiary/aromatic N) is 4. The topological polar surface area (TPSA) is 78.0 Å². The molecular weight excluding hydrogens is 364 g/mol. The van der Waals surface area contributed by atoms with Crippen molar-refractivity contribution >= 4 is 39.5 Å². The number of esters is 1. The van der Waals surface area contributed by atoms with E-state index in [1.807, 2.05) is 13.0 Å². The fraction of sp³-hybridized carbons (Fsp3) is 0.125. The molecule has 0 aliphatic heterocycles. The van der Waals surface area contributed by atoms with E-state index in [0.717, 1.165) is 5.56 Å². The number of aryl methyl sites for hydroxylation is 1. The van der Waals surface area contributed by atoms with E-state index in [4.69, 9.17) is 16.3 Å². The van der Waals surface area contributed by atoms with Gasteiger partial charge in [0.2, 0.25) is 0 Å². The number of imidazole rings is 1. The molecule has 0 saturated carbocycles. The number of pyridine rings is 1. The van der Waals surface area contributed by atoms with Crippen molar-refractivity contribution in [3.05, 3.63) is 68.4 Å². The number of halogens is 1. The minimum Gasteiger partial charge on any atom is -0.454 e. The maximum Gasteiger partial charge on any atom is 0.359 e. The fourth-order valence-corrected chi connectivity index (χ4v) is 3.49. The molecule has 0 saturated heterocycles. The number of hydrogen-bond acceptors (Lipinski definition) is 6. The van der Waals surface area contributed by atoms with Crippen molar-refractivity contribution in [3.63, 3.8) is 0 Å². The van der Waals surface area contributed by atoms with Crippen LogP contribution in [0.5, 0.6) is 0 Å². The molecule has 0 N–H and O–H groups in total. The standard InChI is InChI=1S/C16H11ClN4O3S/c1-9-2-3-11-18-10(6-12(22)21(11)7-9)8-24-15(23)13-14(17)19-16-20(13)4-5-25-16/h2-7H,8H2,1H3. The average Bonchev–Trinajstić information content (AvgIpc) is 3.13. The summed E-state index contributed by atoms with van der Waals surface area (Å²) in [5, 5.41) is 1.88. The Kier molecular flexibility index (Phi) is 3.78. The summed E-state index contributed by atoms with van der Waals surface area (Å²) in [7, 11) is 0. The second-order valence-electron chi connectivity index (χ2n) is 5.40. The summed E-state index contributed by atoms with van der Waals surface area (Å²) in [5.74, 6) is -0.623. The summed E-state index contributed by atoms with van der Waals surface area (Å²) < 4.78 is 8.29. The van der Waals surface area contributed by atoms with Gasteiger partial charge in [-0.2, -0.15) is 0 Å². The highest BCUT2D eigenvalue weighted by Gasteiger charge is 2.20. The zero-order valence-corrected chi connectivity index (χ0v) is 14.5. The third-order valence-corrected chi connectivity index (χ3v) is 4.64. The maximum absolute atomic E-state index is 12.3. The lowest BCUT2D eigenvalue weighted by Crippen LogP contribution is -2.17. The van der Waals surface area contributed by atoms with Crippen molar-refractivity contribution in [2.24, 2.45) is 0 Å². The fourth-order valence-electron chi connectivity index (χ4n) is 2.48. The molecular formula is C16H11ClN4O3S. The largest absolute Gasteiger partial charge is 0.454 e. The molecule has 0 bridgehead atoms. The van der Waals surface area contributed by atoms with E-state index in [0.29, 0.717) is 16.3 Å². The van der Waals surface area contributed by atoms with Crippen molar-refractivity contribution in [2.75, 3.05) is 0 Å². The van der Waals surface area contributed by atoms with Crippen LogP contribution in [0.3, 0.4) is 0 Å². The summed E-state index contributed by atoms with van der Waals surface area (Å²) in [5.41, 5.74) is 1.73. The van der Waals surface area contributed by atoms with Crippen molar-refractivity contribution < 1.29 is 9.53 Å². The van der Waals surface area contributed by atoms with E-state index in [1.165, 1.54) is 21.8 Å². The van der Waals surface area contributed by atoms with Gasteiger partial charge in [-0.25, -0.2) is 14.8 Å². The van der Waals surface area contributed by atoms with E-state index < -0.39 is 5.97 Å². The molecule has 7 nitrogen and oxygen atoms in total. The lowest BCUT2D eigenvalue weighted by atomic mass is 10.3. The summed E-state index contributed by atoms with van der Waals surface area (Å²) in [6.07, 6.45) is 3.40. The highest BCUT2D eigenvalue weighted by molar-refractivity contribution is 7.15. The van der Waals surface area contributed by atoms with Crippen molar-refractivity contribution in [3.8, 4) is 0 Å². The Morgan fingerprint density at radius 2 is 2.16 bits per heavy atom. The maximum atomic E-state index is 12.3. The Morgan fingerprint density at radius 1 is 1.32 bits per heavy atom. The average molecular weight is 375 g/mol. The summed E-state index contributed by atoms with van der Waals surface area (Å²) in [6, 6.07) is 4.94. The summed E-state index contributed by atoms with van der Waals surface area (Å²) >= 11 is 7.37. The first-order valence-electron chi connectivity index (χ1n) is 7.30. The number of thiazole rings is 1. The Balaban J connectivity index is 1.61. The van der Waals surface area contributed by atoms with E-state index >= 15 is 0 Å². The summed E-state index contributed by atoms with van der Waals surface area (Å²) in [4.78, 5) is 33.5. The molecule has 0 unspecified atom stereocenters. The molecule has 126 valence electrons. The molecule has 9 heteroatoms. The van der Waals surface area contributed by atoms with Gasteiger partial charge in [0.1, 0.15) is 12.3 Å². The smallest absolute Gasteiger partial charge is 0.359 e. The van der Waals surface area contributed by atoms with Gasteiger partial charge < -0.3 is 4.74 Å². The molecule has 4 heterocycles. The lowest BCUT2D eigenvalue weighted by molar-refractivity contribution is 0.0460. The van der Waals surface area contributed by atoms with Gasteiger partial charge in [-0.15, -0.1) is 11.3 Å². The van der Waals surface area contributed by atoms with Gasteiger partial charge in [-0.05, 0) is 18.6 Å². The van der Waals surface area contributed by atoms with E-state index in [-0.39, 0.29) is 23.0 Å². The van der Waals surface area contributed by atoms with Crippen molar-refractivity contribution in [1.29, 1.82) is 0 Å². The molecule has 0 radical (unpaired) electrons. The van der Waals surface area contributed by atoms with Crippen LogP contribution in [0.25, 0.3) is 10.6 Å². The molecule has 4 rings (SSSR count). The first kappa shape index (κ1) is 15.8. The molecule has 0 aromatic carbocycles. The number of fused-ring (bicyclic) bond motifs is 2. The zero-order valence-electron chi connectivity index (χ0n) is 13.0. The Morgan fingerprint density at radius 3 is 3.00 bits per heavy atom. The van der Waals surface area contributed by atoms with Crippen LogP contribution in [0, 0.1) is 6.92 Å². The highest BCUT2D eigenvalue weighted by atomic mass is 35.5. The first-order chi connectivity index (χ1) is 12.0. The molecule has 0 fully saturated rings. The van der Waals surface area contributed by atoms with Gasteiger partial charge in [0, 0.05) is 23.8 Å². The van der Waals surface area contributed by atoms with Crippen LogP contribution in [-0.2, 0) is 11.3 Å². The van der Waals surface area contributed by atoms with Crippen LogP contribution in [0.2, 0.25) is 5.15 Å². The monoisotopic (exact) mass is 374 g/mol. The minimum absolute atomic E-state index is 0.0823. The zero-order chi connectivity index (χ0) is 17.6. The molecule has 0 aliphatic rings. The molecule has 4 aromatic rings. The van der Waals surface area contributed by atoms with Crippen LogP contribution in [0.4, 0.5) is 0 Å². The van der Waals surface area contributed by atoms with Crippen LogP contribution < -0.4 is 5.56 Å². The highest BCUT2D eigenvalue weighted by Crippen LogP contribution is 2.22. The predicted molar refractivity (Wildman–Crippen MR) is 93.4 cm³/mol. The first-order valence-corrected chi connectivity index (χ1v) is 8.56. The SMILES string of the molecule is Cc1ccc2nc(COC(=O)c3c(Cl)nc4sccn34)cc(=O)n2c1. The van der Waals surface area contributed by atoms with E-state index in [1.54, 1.807) is 28.2 Å². The second kappa shape index (κ2) is 5.98. The normalized spacial score (nSPS) is 11.3. The Hall–Kier alpha value is -2.71. The van der Waals surface area contributed by atoms with E-state index in [2.05, 4.69) is 9.97 Å². The number of ether oxygens (including phenoxy) is 1. The molecule has 0 aliphatic carbocycles. The number of hydrogen-bond donors (Lipinski definition) is 0. The van der Waals surface area contributed by atoms with Gasteiger partial charge in [0.05, 0.1) is 5.69 Å². The third kappa shape index (κ3) is 2.79. The van der Waals surface area contributed by atoms with Gasteiger partial charge in [0.15, 0.2) is 15.8 Å². The van der Waals surface area contributed by atoms with Crippen LogP contribution in [0.15, 0.2) is 40.8 Å². The van der Waals surface area contributed by atoms with Crippen molar-refractivity contribution in [1.82, 2.24) is 18.8 Å². The second-order valence-corrected chi connectivity index (χ2v) is 6.63. The Labute approximate surface area is 150 Å². The van der Waals surface area contributed by atoms with Crippen molar-refractivity contribution in [2.45, 2.75) is 13.5 Å². The predicted octanol–water partition coefficient (Wildman–Crippen LogP) is 2.72. The lowest BCUT2D eigenvalue weighted by Gasteiger charge is -2.06.